The maximum atomic E-state index is 11.1. The number of carbonyl (C=O) groups is 1. The second kappa shape index (κ2) is 2.80. The molecule has 0 aliphatic carbocycles. The summed E-state index contributed by atoms with van der Waals surface area (Å²) in [5.74, 6) is 0.248. The molecule has 5 heteroatoms. The predicted octanol–water partition coefficient (Wildman–Crippen LogP) is 0.445. The number of aromatic nitrogens is 3. The van der Waals surface area contributed by atoms with Crippen molar-refractivity contribution >= 4 is 11.4 Å². The molecule has 0 unspecified atom stereocenters. The third-order valence-corrected chi connectivity index (χ3v) is 2.15. The topological polar surface area (TPSA) is 73.3 Å². The minimum Gasteiger partial charge on any atom is -0.364 e. The van der Waals surface area contributed by atoms with Gasteiger partial charge in [0.05, 0.1) is 23.6 Å². The third kappa shape index (κ3) is 1.06. The fourth-order valence-electron chi connectivity index (χ4n) is 1.55. The number of primary amides is 1. The maximum Gasteiger partial charge on any atom is 0.267 e. The van der Waals surface area contributed by atoms with E-state index in [1.807, 2.05) is 13.8 Å². The summed E-state index contributed by atoms with van der Waals surface area (Å²) in [5, 5.41) is 0. The summed E-state index contributed by atoms with van der Waals surface area (Å²) in [5.41, 5.74) is 7.26. The van der Waals surface area contributed by atoms with E-state index in [0.29, 0.717) is 5.69 Å². The summed E-state index contributed by atoms with van der Waals surface area (Å²) in [6.07, 6.45) is 3.12. The van der Waals surface area contributed by atoms with E-state index >= 15 is 0 Å². The fourth-order valence-corrected chi connectivity index (χ4v) is 1.55. The van der Waals surface area contributed by atoms with E-state index in [1.165, 1.54) is 6.20 Å². The molecular weight excluding hydrogens is 180 g/mol. The molecule has 2 heterocycles. The van der Waals surface area contributed by atoms with Crippen molar-refractivity contribution in [1.82, 2.24) is 14.4 Å². The Kier molecular flexibility index (Phi) is 1.73. The van der Waals surface area contributed by atoms with Gasteiger partial charge in [0.1, 0.15) is 11.5 Å². The van der Waals surface area contributed by atoms with E-state index in [4.69, 9.17) is 5.73 Å². The Balaban J connectivity index is 2.92. The van der Waals surface area contributed by atoms with Gasteiger partial charge in [0.15, 0.2) is 0 Å². The van der Waals surface area contributed by atoms with Gasteiger partial charge < -0.3 is 5.73 Å². The molecule has 0 aromatic carbocycles. The number of aryl methyl sites for hydroxylation is 2. The van der Waals surface area contributed by atoms with Crippen LogP contribution < -0.4 is 5.73 Å². The van der Waals surface area contributed by atoms with Gasteiger partial charge in [-0.05, 0) is 13.8 Å². The van der Waals surface area contributed by atoms with E-state index in [9.17, 15) is 4.79 Å². The standard InChI is InChI=1S/C9H10N4O/c1-5-7-3-11-4-8(9(10)14)13(7)6(2)12-5/h3-4H,1-2H3,(H2,10,14). The van der Waals surface area contributed by atoms with Crippen LogP contribution in [0.1, 0.15) is 22.0 Å². The third-order valence-electron chi connectivity index (χ3n) is 2.15. The van der Waals surface area contributed by atoms with E-state index in [1.54, 1.807) is 10.6 Å². The Morgan fingerprint density at radius 2 is 2.14 bits per heavy atom. The van der Waals surface area contributed by atoms with Crippen molar-refractivity contribution in [2.24, 2.45) is 5.73 Å². The van der Waals surface area contributed by atoms with Gasteiger partial charge in [-0.1, -0.05) is 0 Å². The minimum absolute atomic E-state index is 0.362. The van der Waals surface area contributed by atoms with Gasteiger partial charge in [-0.15, -0.1) is 0 Å². The zero-order valence-corrected chi connectivity index (χ0v) is 7.98. The highest BCUT2D eigenvalue weighted by molar-refractivity contribution is 5.91. The number of hydrogen-bond acceptors (Lipinski definition) is 3. The van der Waals surface area contributed by atoms with Crippen LogP contribution in [-0.2, 0) is 0 Å². The van der Waals surface area contributed by atoms with Crippen LogP contribution in [0.25, 0.3) is 5.52 Å². The van der Waals surface area contributed by atoms with Gasteiger partial charge in [-0.3, -0.25) is 14.2 Å². The molecule has 2 N–H and O–H groups in total. The summed E-state index contributed by atoms with van der Waals surface area (Å²) in [4.78, 5) is 19.3. The maximum absolute atomic E-state index is 11.1. The zero-order chi connectivity index (χ0) is 10.3. The number of rotatable bonds is 1. The molecule has 0 bridgehead atoms. The van der Waals surface area contributed by atoms with Crippen molar-refractivity contribution in [3.8, 4) is 0 Å². The summed E-state index contributed by atoms with van der Waals surface area (Å²) < 4.78 is 1.71. The highest BCUT2D eigenvalue weighted by Gasteiger charge is 2.11. The normalized spacial score (nSPS) is 10.7. The largest absolute Gasteiger partial charge is 0.364 e. The molecular formula is C9H10N4O. The second-order valence-corrected chi connectivity index (χ2v) is 3.12. The van der Waals surface area contributed by atoms with Gasteiger partial charge in [-0.25, -0.2) is 4.98 Å². The van der Waals surface area contributed by atoms with Crippen LogP contribution in [0.4, 0.5) is 0 Å². The molecule has 5 nitrogen and oxygen atoms in total. The molecule has 2 aromatic rings. The number of imidazole rings is 1. The monoisotopic (exact) mass is 190 g/mol. The molecule has 0 aliphatic heterocycles. The Hall–Kier alpha value is -1.91. The van der Waals surface area contributed by atoms with Crippen LogP contribution in [0, 0.1) is 13.8 Å². The highest BCUT2D eigenvalue weighted by Crippen LogP contribution is 2.12. The van der Waals surface area contributed by atoms with Crippen LogP contribution in [0.15, 0.2) is 12.4 Å². The Bertz CT molecular complexity index is 515. The molecule has 0 atom stereocenters. The highest BCUT2D eigenvalue weighted by atomic mass is 16.1. The van der Waals surface area contributed by atoms with Gasteiger partial charge in [0.2, 0.25) is 0 Å². The molecule has 0 saturated heterocycles. The van der Waals surface area contributed by atoms with E-state index in [-0.39, 0.29) is 0 Å². The molecule has 0 fully saturated rings. The first-order valence-corrected chi connectivity index (χ1v) is 4.20. The molecule has 0 radical (unpaired) electrons. The summed E-state index contributed by atoms with van der Waals surface area (Å²) in [6.45, 7) is 3.70. The van der Waals surface area contributed by atoms with E-state index in [2.05, 4.69) is 9.97 Å². The molecule has 0 saturated carbocycles. The second-order valence-electron chi connectivity index (χ2n) is 3.12. The summed E-state index contributed by atoms with van der Waals surface area (Å²) in [6, 6.07) is 0. The molecule has 2 rings (SSSR count). The lowest BCUT2D eigenvalue weighted by Crippen LogP contribution is -2.16. The van der Waals surface area contributed by atoms with Crippen molar-refractivity contribution in [2.45, 2.75) is 13.8 Å². The number of amides is 1. The zero-order valence-electron chi connectivity index (χ0n) is 7.98. The van der Waals surface area contributed by atoms with Crippen LogP contribution in [0.5, 0.6) is 0 Å². The molecule has 1 amide bonds. The van der Waals surface area contributed by atoms with E-state index < -0.39 is 5.91 Å². The van der Waals surface area contributed by atoms with Crippen molar-refractivity contribution in [2.75, 3.05) is 0 Å². The Morgan fingerprint density at radius 1 is 1.43 bits per heavy atom. The van der Waals surface area contributed by atoms with Gasteiger partial charge in [-0.2, -0.15) is 0 Å². The number of nitrogens with two attached hydrogens (primary N) is 1. The van der Waals surface area contributed by atoms with Gasteiger partial charge >= 0.3 is 0 Å². The molecule has 72 valence electrons. The molecule has 14 heavy (non-hydrogen) atoms. The molecule has 2 aromatic heterocycles. The first kappa shape index (κ1) is 8.68. The smallest absolute Gasteiger partial charge is 0.267 e. The van der Waals surface area contributed by atoms with Crippen molar-refractivity contribution in [3.05, 3.63) is 29.6 Å². The molecule has 0 aliphatic rings. The SMILES string of the molecule is Cc1nc(C)n2c(C(N)=O)cncc12. The average Bonchev–Trinajstić information content (AvgIpc) is 2.43. The van der Waals surface area contributed by atoms with Crippen LogP contribution >= 0.6 is 0 Å². The Labute approximate surface area is 80.6 Å². The Morgan fingerprint density at radius 3 is 2.79 bits per heavy atom. The lowest BCUT2D eigenvalue weighted by atomic mass is 10.3. The average molecular weight is 190 g/mol. The first-order valence-electron chi connectivity index (χ1n) is 4.20. The van der Waals surface area contributed by atoms with Crippen LogP contribution in [-0.4, -0.2) is 20.3 Å². The number of hydrogen-bond donors (Lipinski definition) is 1. The quantitative estimate of drug-likeness (QED) is 0.709. The minimum atomic E-state index is -0.497. The van der Waals surface area contributed by atoms with Gasteiger partial charge in [0.25, 0.3) is 5.91 Å². The van der Waals surface area contributed by atoms with Crippen molar-refractivity contribution < 1.29 is 4.79 Å². The lowest BCUT2D eigenvalue weighted by molar-refractivity contribution is 0.0993. The van der Waals surface area contributed by atoms with Crippen molar-refractivity contribution in [3.63, 3.8) is 0 Å². The number of carbonyl (C=O) groups excluding carboxylic acids is 1. The summed E-state index contributed by atoms with van der Waals surface area (Å²) in [7, 11) is 0. The van der Waals surface area contributed by atoms with Crippen LogP contribution in [0.3, 0.4) is 0 Å². The van der Waals surface area contributed by atoms with Crippen molar-refractivity contribution in [1.29, 1.82) is 0 Å². The van der Waals surface area contributed by atoms with Crippen LogP contribution in [0.2, 0.25) is 0 Å². The van der Waals surface area contributed by atoms with E-state index in [0.717, 1.165) is 17.0 Å². The lowest BCUT2D eigenvalue weighted by Gasteiger charge is -2.01. The fraction of sp³-hybridized carbons (Fsp3) is 0.222. The van der Waals surface area contributed by atoms with Gasteiger partial charge in [0, 0.05) is 0 Å². The predicted molar refractivity (Wildman–Crippen MR) is 51.0 cm³/mol. The number of nitrogens with zero attached hydrogens (tertiary/aromatic N) is 3. The molecule has 0 spiro atoms. The summed E-state index contributed by atoms with van der Waals surface area (Å²) >= 11 is 0. The number of fused-ring (bicyclic) bond motifs is 1. The first-order chi connectivity index (χ1) is 6.61.